The molecule has 0 aromatic heterocycles. The van der Waals surface area contributed by atoms with Gasteiger partial charge in [0.2, 0.25) is 0 Å². The summed E-state index contributed by atoms with van der Waals surface area (Å²) in [6.07, 6.45) is 0. The van der Waals surface area contributed by atoms with Crippen LogP contribution >= 0.6 is 0 Å². The van der Waals surface area contributed by atoms with Crippen LogP contribution in [0.1, 0.15) is 2.85 Å². The molecule has 1 aromatic carbocycles. The Hall–Kier alpha value is 1.04. The van der Waals surface area contributed by atoms with Crippen LogP contribution in [-0.4, -0.2) is 25.9 Å². The summed E-state index contributed by atoms with van der Waals surface area (Å²) in [6.45, 7) is 0. The van der Waals surface area contributed by atoms with E-state index < -0.39 is 30.0 Å². The zero-order valence-electron chi connectivity index (χ0n) is 10.7. The quantitative estimate of drug-likeness (QED) is 0.414. The first-order valence-corrected chi connectivity index (χ1v) is 6.14. The largest absolute Gasteiger partial charge is 1.00 e. The second-order valence-corrected chi connectivity index (χ2v) is 5.27. The Bertz CT molecular complexity index is 512. The second-order valence-electron chi connectivity index (χ2n) is 2.42. The van der Waals surface area contributed by atoms with Gasteiger partial charge in [0.25, 0.3) is 20.2 Å². The second kappa shape index (κ2) is 6.83. The van der Waals surface area contributed by atoms with E-state index in [0.29, 0.717) is 6.07 Å². The SMILES string of the molecule is O=S(=O)(O)c1cccc(S(=O)(=O)O)c1.[H-].[H-].[Na+].[Na+]. The Morgan fingerprint density at radius 1 is 0.875 bits per heavy atom. The fraction of sp³-hybridized carbons (Fsp3) is 0. The van der Waals surface area contributed by atoms with Gasteiger partial charge in [0, 0.05) is 0 Å². The van der Waals surface area contributed by atoms with Crippen molar-refractivity contribution in [1.29, 1.82) is 0 Å². The molecule has 16 heavy (non-hydrogen) atoms. The van der Waals surface area contributed by atoms with Crippen molar-refractivity contribution in [2.45, 2.75) is 9.79 Å². The van der Waals surface area contributed by atoms with Crippen molar-refractivity contribution in [3.8, 4) is 0 Å². The fourth-order valence-electron chi connectivity index (χ4n) is 0.795. The van der Waals surface area contributed by atoms with Gasteiger partial charge in [0.15, 0.2) is 0 Å². The first-order chi connectivity index (χ1) is 6.21. The van der Waals surface area contributed by atoms with Gasteiger partial charge < -0.3 is 2.85 Å². The summed E-state index contributed by atoms with van der Waals surface area (Å²) in [5.41, 5.74) is 0. The van der Waals surface area contributed by atoms with E-state index in [-0.39, 0.29) is 62.0 Å². The minimum absolute atomic E-state index is 0. The molecule has 0 amide bonds. The van der Waals surface area contributed by atoms with Crippen LogP contribution in [0.25, 0.3) is 0 Å². The summed E-state index contributed by atoms with van der Waals surface area (Å²) >= 11 is 0. The maximum Gasteiger partial charge on any atom is 1.00 e. The van der Waals surface area contributed by atoms with E-state index in [4.69, 9.17) is 9.11 Å². The van der Waals surface area contributed by atoms with Crippen LogP contribution in [0.2, 0.25) is 0 Å². The van der Waals surface area contributed by atoms with Crippen molar-refractivity contribution < 1.29 is 87.9 Å². The van der Waals surface area contributed by atoms with Crippen molar-refractivity contribution in [3.63, 3.8) is 0 Å². The summed E-state index contributed by atoms with van der Waals surface area (Å²) in [5, 5.41) is 0. The van der Waals surface area contributed by atoms with E-state index >= 15 is 0 Å². The first-order valence-electron chi connectivity index (χ1n) is 3.26. The number of benzene rings is 1. The van der Waals surface area contributed by atoms with Crippen LogP contribution in [0.4, 0.5) is 0 Å². The Labute approximate surface area is 140 Å². The molecule has 0 saturated carbocycles. The van der Waals surface area contributed by atoms with Crippen molar-refractivity contribution in [2.75, 3.05) is 0 Å². The third-order valence-corrected chi connectivity index (χ3v) is 3.10. The van der Waals surface area contributed by atoms with Gasteiger partial charge >= 0.3 is 59.1 Å². The van der Waals surface area contributed by atoms with E-state index in [1.54, 1.807) is 0 Å². The summed E-state index contributed by atoms with van der Waals surface area (Å²) < 4.78 is 59.5. The number of rotatable bonds is 2. The molecule has 0 fully saturated rings. The van der Waals surface area contributed by atoms with Crippen LogP contribution in [0.5, 0.6) is 0 Å². The van der Waals surface area contributed by atoms with Gasteiger partial charge in [0.05, 0.1) is 9.79 Å². The molecule has 2 N–H and O–H groups in total. The Balaban J connectivity index is -0.000000245. The van der Waals surface area contributed by atoms with Crippen LogP contribution in [-0.2, 0) is 20.2 Å². The average Bonchev–Trinajstić information content (AvgIpc) is 2.01. The standard InChI is InChI=1S/C6H6O6S2.2Na.2H/c7-13(8,9)5-2-1-3-6(4-5)14(10,11)12;;;;/h1-4H,(H,7,8,9)(H,10,11,12);;;;/q;2*+1;2*-1. The molecule has 0 saturated heterocycles. The Kier molecular flexibility index (Phi) is 8.28. The summed E-state index contributed by atoms with van der Waals surface area (Å²) in [5.74, 6) is 0. The number of hydrogen-bond donors (Lipinski definition) is 2. The van der Waals surface area contributed by atoms with Gasteiger partial charge in [-0.2, -0.15) is 16.8 Å². The maximum absolute atomic E-state index is 10.6. The van der Waals surface area contributed by atoms with Gasteiger partial charge in [-0.15, -0.1) is 0 Å². The third-order valence-electron chi connectivity index (χ3n) is 1.40. The monoisotopic (exact) mass is 286 g/mol. The molecular weight excluding hydrogens is 278 g/mol. The van der Waals surface area contributed by atoms with Crippen LogP contribution < -0.4 is 59.1 Å². The van der Waals surface area contributed by atoms with E-state index in [1.165, 1.54) is 0 Å². The van der Waals surface area contributed by atoms with E-state index in [2.05, 4.69) is 0 Å². The van der Waals surface area contributed by atoms with Gasteiger partial charge in [-0.1, -0.05) is 6.07 Å². The predicted octanol–water partition coefficient (Wildman–Crippen LogP) is -5.59. The minimum Gasteiger partial charge on any atom is -1.00 e. The van der Waals surface area contributed by atoms with Crippen molar-refractivity contribution >= 4 is 20.2 Å². The molecule has 0 spiro atoms. The molecule has 0 aliphatic carbocycles. The Morgan fingerprint density at radius 3 is 1.44 bits per heavy atom. The molecule has 0 heterocycles. The zero-order chi connectivity index (χ0) is 11.0. The van der Waals surface area contributed by atoms with E-state index in [0.717, 1.165) is 18.2 Å². The molecule has 0 aliphatic heterocycles. The molecular formula is C6H8Na2O6S2. The average molecular weight is 286 g/mol. The normalized spacial score (nSPS) is 11.1. The van der Waals surface area contributed by atoms with E-state index in [1.807, 2.05) is 0 Å². The third kappa shape index (κ3) is 5.58. The molecule has 10 heteroatoms. The smallest absolute Gasteiger partial charge is 1.00 e. The summed E-state index contributed by atoms with van der Waals surface area (Å²) in [4.78, 5) is -1.18. The molecule has 0 unspecified atom stereocenters. The van der Waals surface area contributed by atoms with Gasteiger partial charge in [-0.25, -0.2) is 0 Å². The maximum atomic E-state index is 10.6. The summed E-state index contributed by atoms with van der Waals surface area (Å²) in [6, 6.07) is 3.75. The first kappa shape index (κ1) is 19.4. The molecule has 0 atom stereocenters. The zero-order valence-corrected chi connectivity index (χ0v) is 14.3. The van der Waals surface area contributed by atoms with Gasteiger partial charge in [-0.05, 0) is 18.2 Å². The van der Waals surface area contributed by atoms with Crippen LogP contribution in [0.15, 0.2) is 34.1 Å². The van der Waals surface area contributed by atoms with Crippen molar-refractivity contribution in [1.82, 2.24) is 0 Å². The predicted molar refractivity (Wildman–Crippen MR) is 48.3 cm³/mol. The molecule has 0 radical (unpaired) electrons. The fourth-order valence-corrected chi connectivity index (χ4v) is 1.92. The molecule has 82 valence electrons. The molecule has 0 bridgehead atoms. The van der Waals surface area contributed by atoms with E-state index in [9.17, 15) is 16.8 Å². The van der Waals surface area contributed by atoms with Crippen molar-refractivity contribution in [2.24, 2.45) is 0 Å². The minimum atomic E-state index is -4.46. The van der Waals surface area contributed by atoms with Crippen LogP contribution in [0.3, 0.4) is 0 Å². The topological polar surface area (TPSA) is 109 Å². The summed E-state index contributed by atoms with van der Waals surface area (Å²) in [7, 11) is -8.92. The number of hydrogen-bond acceptors (Lipinski definition) is 4. The Morgan fingerprint density at radius 2 is 1.19 bits per heavy atom. The molecule has 0 aliphatic rings. The molecule has 1 rings (SSSR count). The van der Waals surface area contributed by atoms with Gasteiger partial charge in [0.1, 0.15) is 0 Å². The van der Waals surface area contributed by atoms with Crippen molar-refractivity contribution in [3.05, 3.63) is 24.3 Å². The molecule has 6 nitrogen and oxygen atoms in total. The molecule has 1 aromatic rings. The van der Waals surface area contributed by atoms with Gasteiger partial charge in [-0.3, -0.25) is 9.11 Å². The van der Waals surface area contributed by atoms with Crippen LogP contribution in [0, 0.1) is 0 Å².